The second kappa shape index (κ2) is 16.4. The zero-order valence-corrected chi connectivity index (χ0v) is 30.9. The summed E-state index contributed by atoms with van der Waals surface area (Å²) in [7, 11) is 0. The molecule has 1 aromatic carbocycles. The van der Waals surface area contributed by atoms with E-state index in [1.54, 1.807) is 0 Å². The summed E-state index contributed by atoms with van der Waals surface area (Å²) in [5.74, 6) is -116. The fourth-order valence-corrected chi connectivity index (χ4v) is 5.52. The largest absolute Gasteiger partial charge is 0.460 e. The van der Waals surface area contributed by atoms with Crippen molar-refractivity contribution in [2.24, 2.45) is 0 Å². The minimum absolute atomic E-state index is 0.452. The molecular formula is C28H15F34I. The zero-order chi connectivity index (χ0) is 51.1. The van der Waals surface area contributed by atoms with Crippen molar-refractivity contribution in [3.8, 4) is 0 Å². The van der Waals surface area contributed by atoms with Crippen LogP contribution in [0.3, 0.4) is 0 Å². The molecule has 372 valence electrons. The summed E-state index contributed by atoms with van der Waals surface area (Å²) >= 11 is 1.08. The molecule has 0 aliphatic heterocycles. The Morgan fingerprint density at radius 1 is 0.302 bits per heavy atom. The molecule has 0 radical (unpaired) electrons. The lowest BCUT2D eigenvalue weighted by Gasteiger charge is -2.42. The number of rotatable bonds is 20. The summed E-state index contributed by atoms with van der Waals surface area (Å²) in [6.45, 7) is 0. The maximum atomic E-state index is 14.2. The molecular weight excluding hydrogens is 1110 g/mol. The molecule has 0 fully saturated rings. The maximum absolute atomic E-state index is 14.2. The maximum Gasteiger partial charge on any atom is 0.460 e. The van der Waals surface area contributed by atoms with E-state index in [-0.39, 0.29) is 0 Å². The van der Waals surface area contributed by atoms with Crippen molar-refractivity contribution in [1.29, 1.82) is 0 Å². The molecule has 0 atom stereocenters. The molecule has 63 heavy (non-hydrogen) atoms. The van der Waals surface area contributed by atoms with Gasteiger partial charge in [-0.05, 0) is 65.5 Å². The van der Waals surface area contributed by atoms with Gasteiger partial charge in [0.25, 0.3) is 0 Å². The van der Waals surface area contributed by atoms with Gasteiger partial charge in [0, 0.05) is 16.4 Å². The highest BCUT2D eigenvalue weighted by atomic mass is 127. The number of halogens is 35. The summed E-state index contributed by atoms with van der Waals surface area (Å²) < 4.78 is 456. The van der Waals surface area contributed by atoms with Gasteiger partial charge in [0.05, 0.1) is 0 Å². The molecule has 0 N–H and O–H groups in total. The molecule has 0 aromatic heterocycles. The Morgan fingerprint density at radius 3 is 0.794 bits per heavy atom. The Labute approximate surface area is 338 Å². The molecule has 1 aromatic rings. The van der Waals surface area contributed by atoms with E-state index in [9.17, 15) is 149 Å². The molecule has 35 heteroatoms. The van der Waals surface area contributed by atoms with E-state index in [1.165, 1.54) is 0 Å². The van der Waals surface area contributed by atoms with Gasteiger partial charge in [0.1, 0.15) is 0 Å². The molecule has 0 amide bonds. The standard InChI is InChI=1S/C28H15F34I/c29-13(30,15(33,34)17(37,38)19(41,42)21(45,46)23(49,50)25(53,54)27(57,58)59)7-1-3-10-5-6-11(12(63)9-10)4-2-8-14(31,32)16(35,36)18(39,40)20(43,44)22(47,48)24(51,52)26(55,56)28(60,61)62/h5-6,9H,1-4,7-8H2. The predicted molar refractivity (Wildman–Crippen MR) is 146 cm³/mol. The third-order valence-corrected chi connectivity index (χ3v) is 9.59. The molecule has 0 unspecified atom stereocenters. The van der Waals surface area contributed by atoms with Gasteiger partial charge in [-0.3, -0.25) is 0 Å². The SMILES string of the molecule is FC(F)(F)C(F)(F)C(F)(F)C(F)(F)C(F)(F)C(F)(F)C(F)(F)C(F)(F)CCCc1ccc(CCCC(F)(F)C(F)(F)C(F)(F)C(F)(F)C(F)(F)C(F)(F)C(F)(F)C(F)(F)F)c(I)c1. The quantitative estimate of drug-likeness (QED) is 0.0902. The van der Waals surface area contributed by atoms with Crippen LogP contribution in [0.5, 0.6) is 0 Å². The van der Waals surface area contributed by atoms with Crippen molar-refractivity contribution >= 4 is 22.6 Å². The smallest absolute Gasteiger partial charge is 0.200 e. The minimum atomic E-state index is -8.88. The van der Waals surface area contributed by atoms with Crippen molar-refractivity contribution in [3.63, 3.8) is 0 Å². The Hall–Kier alpha value is -2.43. The van der Waals surface area contributed by atoms with Crippen LogP contribution in [0.4, 0.5) is 149 Å². The lowest BCUT2D eigenvalue weighted by atomic mass is 9.87. The van der Waals surface area contributed by atoms with Crippen LogP contribution in [-0.4, -0.2) is 95.3 Å². The number of alkyl halides is 34. The Morgan fingerprint density at radius 2 is 0.540 bits per heavy atom. The van der Waals surface area contributed by atoms with Gasteiger partial charge >= 0.3 is 95.3 Å². The average molecular weight is 1120 g/mol. The van der Waals surface area contributed by atoms with Crippen LogP contribution < -0.4 is 0 Å². The van der Waals surface area contributed by atoms with E-state index < -0.39 is 148 Å². The molecule has 0 saturated carbocycles. The monoisotopic (exact) mass is 1120 g/mol. The Balaban J connectivity index is 3.25. The lowest BCUT2D eigenvalue weighted by Crippen LogP contribution is -2.74. The van der Waals surface area contributed by atoms with Gasteiger partial charge in [-0.25, -0.2) is 0 Å². The van der Waals surface area contributed by atoms with Crippen LogP contribution in [0.25, 0.3) is 0 Å². The van der Waals surface area contributed by atoms with Crippen molar-refractivity contribution in [3.05, 3.63) is 32.9 Å². The van der Waals surface area contributed by atoms with Crippen molar-refractivity contribution in [2.75, 3.05) is 0 Å². The number of hydrogen-bond donors (Lipinski definition) is 0. The Bertz CT molecular complexity index is 1750. The van der Waals surface area contributed by atoms with Gasteiger partial charge in [0.2, 0.25) is 0 Å². The molecule has 0 saturated heterocycles. The molecule has 0 bridgehead atoms. The molecule has 0 nitrogen and oxygen atoms in total. The second-order valence-corrected chi connectivity index (χ2v) is 14.1. The van der Waals surface area contributed by atoms with Crippen LogP contribution in [0.15, 0.2) is 18.2 Å². The van der Waals surface area contributed by atoms with Gasteiger partial charge < -0.3 is 0 Å². The van der Waals surface area contributed by atoms with Crippen molar-refractivity contribution < 1.29 is 149 Å². The predicted octanol–water partition coefficient (Wildman–Crippen LogP) is 15.0. The summed E-state index contributed by atoms with van der Waals surface area (Å²) in [6.07, 6.45) is -27.5. The summed E-state index contributed by atoms with van der Waals surface area (Å²) in [5.41, 5.74) is -1.05. The van der Waals surface area contributed by atoms with Crippen LogP contribution in [0, 0.1) is 3.57 Å². The first-order valence-corrected chi connectivity index (χ1v) is 16.3. The van der Waals surface area contributed by atoms with E-state index in [1.807, 2.05) is 0 Å². The minimum Gasteiger partial charge on any atom is -0.200 e. The van der Waals surface area contributed by atoms with E-state index >= 15 is 0 Å². The summed E-state index contributed by atoms with van der Waals surface area (Å²) in [4.78, 5) is 0. The van der Waals surface area contributed by atoms with Crippen LogP contribution in [0.1, 0.15) is 36.8 Å². The first kappa shape index (κ1) is 58.6. The van der Waals surface area contributed by atoms with Gasteiger partial charge in [-0.15, -0.1) is 0 Å². The Kier molecular flexibility index (Phi) is 15.3. The van der Waals surface area contributed by atoms with E-state index in [2.05, 4.69) is 0 Å². The number of benzene rings is 1. The van der Waals surface area contributed by atoms with E-state index in [0.717, 1.165) is 22.6 Å². The molecule has 1 rings (SSSR count). The highest BCUT2D eigenvalue weighted by Gasteiger charge is 2.96. The van der Waals surface area contributed by atoms with Gasteiger partial charge in [-0.2, -0.15) is 149 Å². The fourth-order valence-electron chi connectivity index (χ4n) is 4.67. The van der Waals surface area contributed by atoms with Gasteiger partial charge in [-0.1, -0.05) is 12.1 Å². The lowest BCUT2D eigenvalue weighted by molar-refractivity contribution is -0.461. The number of aryl methyl sites for hydroxylation is 2. The summed E-state index contributed by atoms with van der Waals surface area (Å²) in [5, 5.41) is 0. The zero-order valence-electron chi connectivity index (χ0n) is 28.7. The van der Waals surface area contributed by atoms with Crippen molar-refractivity contribution in [2.45, 2.75) is 134 Å². The van der Waals surface area contributed by atoms with E-state index in [4.69, 9.17) is 0 Å². The van der Waals surface area contributed by atoms with Crippen molar-refractivity contribution in [1.82, 2.24) is 0 Å². The fraction of sp³-hybridized carbons (Fsp3) is 0.786. The highest BCUT2D eigenvalue weighted by Crippen LogP contribution is 2.66. The second-order valence-electron chi connectivity index (χ2n) is 12.9. The van der Waals surface area contributed by atoms with Gasteiger partial charge in [0.15, 0.2) is 0 Å². The van der Waals surface area contributed by atoms with Crippen LogP contribution >= 0.6 is 22.6 Å². The molecule has 0 aliphatic carbocycles. The normalized spacial score (nSPS) is 16.2. The average Bonchev–Trinajstić information content (AvgIpc) is 3.06. The first-order chi connectivity index (χ1) is 27.1. The number of hydrogen-bond acceptors (Lipinski definition) is 0. The van der Waals surface area contributed by atoms with Crippen LogP contribution in [0.2, 0.25) is 0 Å². The van der Waals surface area contributed by atoms with E-state index in [0.29, 0.717) is 18.2 Å². The third-order valence-electron chi connectivity index (χ3n) is 8.58. The third kappa shape index (κ3) is 8.71. The topological polar surface area (TPSA) is 0 Å². The molecule has 0 heterocycles. The molecule has 0 aliphatic rings. The highest BCUT2D eigenvalue weighted by molar-refractivity contribution is 14.1. The van der Waals surface area contributed by atoms with Crippen LogP contribution in [-0.2, 0) is 12.8 Å². The first-order valence-electron chi connectivity index (χ1n) is 15.3. The summed E-state index contributed by atoms with van der Waals surface area (Å²) in [6, 6.07) is 1.74. The molecule has 0 spiro atoms.